The molecule has 0 aromatic carbocycles. The third-order valence-electron chi connectivity index (χ3n) is 3.76. The van der Waals surface area contributed by atoms with Gasteiger partial charge in [0.25, 0.3) is 0 Å². The molecule has 0 bridgehead atoms. The molecule has 0 aromatic heterocycles. The van der Waals surface area contributed by atoms with E-state index in [1.54, 1.807) is 6.92 Å². The minimum atomic E-state index is -0.122. The van der Waals surface area contributed by atoms with Crippen molar-refractivity contribution in [2.24, 2.45) is 11.8 Å². The molecule has 0 radical (unpaired) electrons. The van der Waals surface area contributed by atoms with Crippen LogP contribution < -0.4 is 18.9 Å². The van der Waals surface area contributed by atoms with Crippen LogP contribution in [0.5, 0.6) is 0 Å². The molecule has 0 saturated carbocycles. The summed E-state index contributed by atoms with van der Waals surface area (Å²) in [4.78, 5) is 33.5. The standard InChI is InChI=1S/C11H20O3S.C9H18O2S.Li.H2O/c1-4-6-10(11(13)14-5-2)7-8-15-9(3)12;1-3-5-8(6-7-12)9(10)11-4-2;;/h10H,4-8H2,1-3H3;8,12H,3-7H2,1-2H3;;1H2/q;;+1;/p-1/t10-;8-;;/m11../s1. The molecule has 0 unspecified atom stereocenters. The fourth-order valence-electron chi connectivity index (χ4n) is 2.48. The van der Waals surface area contributed by atoms with E-state index < -0.39 is 0 Å². The molecule has 29 heavy (non-hydrogen) atoms. The van der Waals surface area contributed by atoms with Gasteiger partial charge in [0.15, 0.2) is 5.12 Å². The monoisotopic (exact) mass is 446 g/mol. The number of thioether (sulfide) groups is 1. The van der Waals surface area contributed by atoms with Gasteiger partial charge in [-0.3, -0.25) is 14.4 Å². The van der Waals surface area contributed by atoms with Gasteiger partial charge in [-0.1, -0.05) is 38.5 Å². The summed E-state index contributed by atoms with van der Waals surface area (Å²) in [7, 11) is 0. The van der Waals surface area contributed by atoms with Gasteiger partial charge in [-0.05, 0) is 45.3 Å². The van der Waals surface area contributed by atoms with Gasteiger partial charge >= 0.3 is 30.8 Å². The maximum absolute atomic E-state index is 11.5. The molecule has 0 aliphatic carbocycles. The van der Waals surface area contributed by atoms with Crippen LogP contribution in [0.3, 0.4) is 0 Å². The Balaban J connectivity index is -0.000000206. The van der Waals surface area contributed by atoms with Crippen LogP contribution in [0, 0.1) is 11.8 Å². The van der Waals surface area contributed by atoms with Crippen LogP contribution in [0.1, 0.15) is 73.1 Å². The number of rotatable bonds is 13. The first-order valence-corrected chi connectivity index (χ1v) is 11.6. The van der Waals surface area contributed by atoms with Crippen molar-refractivity contribution in [3.8, 4) is 0 Å². The van der Waals surface area contributed by atoms with E-state index in [1.807, 2.05) is 20.8 Å². The van der Waals surface area contributed by atoms with Crippen LogP contribution in [0.15, 0.2) is 0 Å². The minimum Gasteiger partial charge on any atom is -0.870 e. The maximum atomic E-state index is 11.5. The molecular formula is C20H39LiO6S2. The van der Waals surface area contributed by atoms with Crippen molar-refractivity contribution in [1.82, 2.24) is 0 Å². The molecule has 6 nitrogen and oxygen atoms in total. The summed E-state index contributed by atoms with van der Waals surface area (Å²) < 4.78 is 9.92. The van der Waals surface area contributed by atoms with Crippen LogP contribution in [-0.2, 0) is 23.9 Å². The van der Waals surface area contributed by atoms with E-state index >= 15 is 0 Å². The quantitative estimate of drug-likeness (QED) is 0.261. The predicted molar refractivity (Wildman–Crippen MR) is 118 cm³/mol. The Kier molecular flexibility index (Phi) is 32.4. The minimum absolute atomic E-state index is 0. The van der Waals surface area contributed by atoms with Crippen LogP contribution in [0.4, 0.5) is 0 Å². The second-order valence-corrected chi connectivity index (χ2v) is 7.84. The fourth-order valence-corrected chi connectivity index (χ4v) is 3.48. The zero-order valence-corrected chi connectivity index (χ0v) is 20.8. The van der Waals surface area contributed by atoms with Gasteiger partial charge in [-0.25, -0.2) is 0 Å². The van der Waals surface area contributed by atoms with Crippen molar-refractivity contribution in [3.63, 3.8) is 0 Å². The molecular weight excluding hydrogens is 407 g/mol. The van der Waals surface area contributed by atoms with Gasteiger partial charge in [0, 0.05) is 12.7 Å². The number of thiol groups is 1. The van der Waals surface area contributed by atoms with Crippen molar-refractivity contribution in [2.75, 3.05) is 24.7 Å². The first-order chi connectivity index (χ1) is 12.9. The molecule has 0 heterocycles. The Morgan fingerprint density at radius 2 is 1.24 bits per heavy atom. The molecule has 2 atom stereocenters. The Morgan fingerprint density at radius 3 is 1.55 bits per heavy atom. The second kappa shape index (κ2) is 25.9. The van der Waals surface area contributed by atoms with Crippen LogP contribution in [0.2, 0.25) is 0 Å². The molecule has 0 amide bonds. The summed E-state index contributed by atoms with van der Waals surface area (Å²) in [5.74, 6) is 1.30. The summed E-state index contributed by atoms with van der Waals surface area (Å²) in [6.45, 7) is 10.2. The van der Waals surface area contributed by atoms with Crippen molar-refractivity contribution < 1.29 is 48.2 Å². The third-order valence-corrected chi connectivity index (χ3v) is 4.87. The summed E-state index contributed by atoms with van der Waals surface area (Å²) in [6.07, 6.45) is 5.31. The van der Waals surface area contributed by atoms with Crippen molar-refractivity contribution >= 4 is 41.4 Å². The number of hydrogen-bond donors (Lipinski definition) is 1. The maximum Gasteiger partial charge on any atom is 1.00 e. The molecule has 9 heteroatoms. The van der Waals surface area contributed by atoms with E-state index in [0.29, 0.717) is 19.0 Å². The van der Waals surface area contributed by atoms with E-state index in [1.165, 1.54) is 11.8 Å². The van der Waals surface area contributed by atoms with Gasteiger partial charge in [0.1, 0.15) is 0 Å². The predicted octanol–water partition coefficient (Wildman–Crippen LogP) is 1.75. The third kappa shape index (κ3) is 22.4. The average molecular weight is 447 g/mol. The average Bonchev–Trinajstić information content (AvgIpc) is 2.61. The SMILES string of the molecule is CCC[C@H](CCS)C(=O)OCC.CCC[C@H](CCSC(C)=O)C(=O)OCC.[Li+].[OH-]. The first kappa shape index (κ1) is 36.3. The van der Waals surface area contributed by atoms with E-state index in [-0.39, 0.29) is 53.2 Å². The largest absolute Gasteiger partial charge is 1.00 e. The topological polar surface area (TPSA) is 99.7 Å². The van der Waals surface area contributed by atoms with Gasteiger partial charge in [-0.15, -0.1) is 0 Å². The smallest absolute Gasteiger partial charge is 0.870 e. The zero-order valence-electron chi connectivity index (χ0n) is 19.1. The molecule has 0 aliphatic rings. The van der Waals surface area contributed by atoms with Crippen LogP contribution in [0.25, 0.3) is 0 Å². The van der Waals surface area contributed by atoms with E-state index in [4.69, 9.17) is 9.47 Å². The van der Waals surface area contributed by atoms with E-state index in [2.05, 4.69) is 19.6 Å². The Morgan fingerprint density at radius 1 is 0.828 bits per heavy atom. The summed E-state index contributed by atoms with van der Waals surface area (Å²) in [5, 5.41) is 0.106. The summed E-state index contributed by atoms with van der Waals surface area (Å²) in [6, 6.07) is 0. The molecule has 0 spiro atoms. The molecule has 0 aliphatic heterocycles. The molecule has 1 N–H and O–H groups in total. The molecule has 0 aromatic rings. The summed E-state index contributed by atoms with van der Waals surface area (Å²) in [5.41, 5.74) is 0. The van der Waals surface area contributed by atoms with Gasteiger partial charge in [0.2, 0.25) is 0 Å². The number of carbonyl (C=O) groups excluding carboxylic acids is 3. The van der Waals surface area contributed by atoms with E-state index in [0.717, 1.165) is 44.3 Å². The Bertz CT molecular complexity index is 404. The fraction of sp³-hybridized carbons (Fsp3) is 0.850. The van der Waals surface area contributed by atoms with Gasteiger partial charge < -0.3 is 14.9 Å². The number of hydrogen-bond acceptors (Lipinski definition) is 8. The molecule has 0 saturated heterocycles. The summed E-state index contributed by atoms with van der Waals surface area (Å²) >= 11 is 5.38. The number of esters is 2. The van der Waals surface area contributed by atoms with Crippen molar-refractivity contribution in [3.05, 3.63) is 0 Å². The molecule has 0 fully saturated rings. The van der Waals surface area contributed by atoms with Crippen molar-refractivity contribution in [2.45, 2.75) is 73.1 Å². The first-order valence-electron chi connectivity index (χ1n) is 9.95. The zero-order chi connectivity index (χ0) is 21.1. The van der Waals surface area contributed by atoms with Gasteiger partial charge in [-0.2, -0.15) is 12.6 Å². The Hall–Kier alpha value is -0.133. The van der Waals surface area contributed by atoms with Gasteiger partial charge in [0.05, 0.1) is 25.0 Å². The number of ether oxygens (including phenoxy) is 2. The van der Waals surface area contributed by atoms with Crippen molar-refractivity contribution in [1.29, 1.82) is 0 Å². The van der Waals surface area contributed by atoms with E-state index in [9.17, 15) is 14.4 Å². The Labute approximate surface area is 198 Å². The molecule has 168 valence electrons. The van der Waals surface area contributed by atoms with Crippen LogP contribution >= 0.6 is 24.4 Å². The second-order valence-electron chi connectivity index (χ2n) is 6.12. The number of carbonyl (C=O) groups is 3. The van der Waals surface area contributed by atoms with Crippen LogP contribution in [-0.4, -0.2) is 47.2 Å². The normalized spacial score (nSPS) is 11.5. The molecule has 0 rings (SSSR count).